The number of amidine groups is 1. The topological polar surface area (TPSA) is 66.1 Å². The Labute approximate surface area is 138 Å². The molecule has 0 aromatic heterocycles. The summed E-state index contributed by atoms with van der Waals surface area (Å²) in [5.74, 6) is 0.0872. The molecule has 1 aliphatic heterocycles. The largest absolute Gasteiger partial charge is 0.494 e. The van der Waals surface area contributed by atoms with Crippen molar-refractivity contribution in [3.63, 3.8) is 0 Å². The number of nitrogens with zero attached hydrogens (tertiary/aromatic N) is 1. The predicted octanol–water partition coefficient (Wildman–Crippen LogP) is 3.55. The molecule has 0 bridgehead atoms. The minimum absolute atomic E-state index is 0.411. The molecule has 23 heavy (non-hydrogen) atoms. The van der Waals surface area contributed by atoms with Crippen LogP contribution in [0.4, 0.5) is 0 Å². The highest BCUT2D eigenvalue weighted by atomic mass is 16.7. The molecule has 0 amide bonds. The van der Waals surface area contributed by atoms with Gasteiger partial charge in [0.2, 0.25) is 0 Å². The summed E-state index contributed by atoms with van der Waals surface area (Å²) in [5.41, 5.74) is 7.63. The fourth-order valence-electron chi connectivity index (χ4n) is 2.85. The van der Waals surface area contributed by atoms with Crippen LogP contribution in [0.1, 0.15) is 56.6 Å². The minimum atomic E-state index is -1.13. The molecule has 0 saturated carbocycles. The van der Waals surface area contributed by atoms with Crippen LogP contribution in [0.5, 0.6) is 5.75 Å². The Morgan fingerprint density at radius 2 is 1.74 bits per heavy atom. The average Bonchev–Trinajstić information content (AvgIpc) is 2.86. The van der Waals surface area contributed by atoms with Gasteiger partial charge >= 0.3 is 0 Å². The van der Waals surface area contributed by atoms with Crippen molar-refractivity contribution >= 4 is 5.84 Å². The predicted molar refractivity (Wildman–Crippen MR) is 91.7 cm³/mol. The molecule has 0 aliphatic carbocycles. The number of ether oxygens (including phenoxy) is 3. The lowest BCUT2D eigenvalue weighted by Gasteiger charge is -2.23. The molecule has 128 valence electrons. The molecule has 0 unspecified atom stereocenters. The van der Waals surface area contributed by atoms with Crippen LogP contribution in [0.2, 0.25) is 0 Å². The Kier molecular flexibility index (Phi) is 6.42. The van der Waals surface area contributed by atoms with Crippen molar-refractivity contribution in [1.82, 2.24) is 0 Å². The van der Waals surface area contributed by atoms with Gasteiger partial charge in [0.15, 0.2) is 0 Å². The van der Waals surface area contributed by atoms with Gasteiger partial charge in [0.25, 0.3) is 5.91 Å². The normalized spacial score (nSPS) is 15.3. The lowest BCUT2D eigenvalue weighted by atomic mass is 10.1. The number of nitrogens with two attached hydrogens (primary N) is 1. The van der Waals surface area contributed by atoms with Crippen molar-refractivity contribution < 1.29 is 14.2 Å². The van der Waals surface area contributed by atoms with Gasteiger partial charge in [0.05, 0.1) is 6.61 Å². The Morgan fingerprint density at radius 1 is 1.04 bits per heavy atom. The van der Waals surface area contributed by atoms with Gasteiger partial charge < -0.3 is 19.9 Å². The van der Waals surface area contributed by atoms with Gasteiger partial charge in [-0.2, -0.15) is 0 Å². The first-order valence-corrected chi connectivity index (χ1v) is 8.40. The third kappa shape index (κ3) is 4.03. The number of aliphatic imine (C=N–C) groups is 1. The summed E-state index contributed by atoms with van der Waals surface area (Å²) in [6, 6.07) is 5.73. The zero-order valence-corrected chi connectivity index (χ0v) is 14.4. The highest BCUT2D eigenvalue weighted by Gasteiger charge is 2.40. The second-order valence-electron chi connectivity index (χ2n) is 5.81. The highest BCUT2D eigenvalue weighted by molar-refractivity contribution is 6.01. The number of rotatable bonds is 10. The zero-order valence-electron chi connectivity index (χ0n) is 14.4. The Morgan fingerprint density at radius 3 is 2.43 bits per heavy atom. The molecule has 2 rings (SSSR count). The second kappa shape index (κ2) is 8.31. The van der Waals surface area contributed by atoms with Crippen molar-refractivity contribution in [3.05, 3.63) is 29.3 Å². The van der Waals surface area contributed by atoms with E-state index in [0.29, 0.717) is 5.84 Å². The maximum absolute atomic E-state index is 6.00. The van der Waals surface area contributed by atoms with Gasteiger partial charge in [-0.15, -0.1) is 0 Å². The maximum Gasteiger partial charge on any atom is 0.300 e. The van der Waals surface area contributed by atoms with Crippen molar-refractivity contribution in [1.29, 1.82) is 0 Å². The van der Waals surface area contributed by atoms with Crippen molar-refractivity contribution in [2.45, 2.75) is 51.4 Å². The van der Waals surface area contributed by atoms with Crippen LogP contribution >= 0.6 is 0 Å². The van der Waals surface area contributed by atoms with Crippen LogP contribution < -0.4 is 10.5 Å². The van der Waals surface area contributed by atoms with E-state index in [1.165, 1.54) is 32.1 Å². The third-order valence-corrected chi connectivity index (χ3v) is 4.19. The van der Waals surface area contributed by atoms with Crippen LogP contribution in [-0.4, -0.2) is 26.7 Å². The molecule has 0 saturated heterocycles. The van der Waals surface area contributed by atoms with Crippen LogP contribution in [0.3, 0.4) is 0 Å². The summed E-state index contributed by atoms with van der Waals surface area (Å²) in [6.07, 6.45) is 7.49. The number of unbranched alkanes of at least 4 members (excludes halogenated alkanes) is 5. The summed E-state index contributed by atoms with van der Waals surface area (Å²) in [7, 11) is 3.11. The maximum atomic E-state index is 6.00. The van der Waals surface area contributed by atoms with Crippen LogP contribution in [-0.2, 0) is 15.4 Å². The number of hydrogen-bond acceptors (Lipinski definition) is 5. The first-order chi connectivity index (χ1) is 11.2. The Bertz CT molecular complexity index is 539. The lowest BCUT2D eigenvalue weighted by Crippen LogP contribution is -2.26. The van der Waals surface area contributed by atoms with Gasteiger partial charge in [-0.1, -0.05) is 39.0 Å². The monoisotopic (exact) mass is 320 g/mol. The first-order valence-electron chi connectivity index (χ1n) is 8.40. The molecule has 1 heterocycles. The van der Waals surface area contributed by atoms with E-state index >= 15 is 0 Å². The van der Waals surface area contributed by atoms with E-state index in [2.05, 4.69) is 11.9 Å². The van der Waals surface area contributed by atoms with Gasteiger partial charge in [-0.05, 0) is 24.6 Å². The quantitative estimate of drug-likeness (QED) is 0.529. The SMILES string of the molecule is CCCCCCCCOc1ccc2c(c1)C(N)=NC2(OC)OC. The van der Waals surface area contributed by atoms with E-state index < -0.39 is 5.91 Å². The fourth-order valence-corrected chi connectivity index (χ4v) is 2.85. The fraction of sp³-hybridized carbons (Fsp3) is 0.611. The summed E-state index contributed by atoms with van der Waals surface area (Å²) in [4.78, 5) is 4.30. The van der Waals surface area contributed by atoms with Crippen molar-refractivity contribution in [2.24, 2.45) is 10.7 Å². The van der Waals surface area contributed by atoms with E-state index in [1.807, 2.05) is 18.2 Å². The van der Waals surface area contributed by atoms with Crippen molar-refractivity contribution in [2.75, 3.05) is 20.8 Å². The van der Waals surface area contributed by atoms with Crippen molar-refractivity contribution in [3.8, 4) is 5.75 Å². The van der Waals surface area contributed by atoms with Gasteiger partial charge in [-0.3, -0.25) is 0 Å². The van der Waals surface area contributed by atoms with Gasteiger partial charge in [-0.25, -0.2) is 4.99 Å². The zero-order chi connectivity index (χ0) is 16.7. The van der Waals surface area contributed by atoms with E-state index in [0.717, 1.165) is 29.9 Å². The molecule has 1 aromatic rings. The van der Waals surface area contributed by atoms with Gasteiger partial charge in [0, 0.05) is 25.3 Å². The van der Waals surface area contributed by atoms with Gasteiger partial charge in [0.1, 0.15) is 11.6 Å². The van der Waals surface area contributed by atoms with Crippen LogP contribution in [0, 0.1) is 0 Å². The van der Waals surface area contributed by atoms with E-state index in [4.69, 9.17) is 19.9 Å². The summed E-state index contributed by atoms with van der Waals surface area (Å²) >= 11 is 0. The number of fused-ring (bicyclic) bond motifs is 1. The molecule has 2 N–H and O–H groups in total. The molecular weight excluding hydrogens is 292 g/mol. The molecule has 0 fully saturated rings. The first kappa shape index (κ1) is 17.8. The standard InChI is InChI=1S/C18H28N2O3/c1-4-5-6-7-8-9-12-23-14-10-11-16-15(13-14)17(19)20-18(16,21-2)22-3/h10-11,13H,4-9,12H2,1-3H3,(H2,19,20). The minimum Gasteiger partial charge on any atom is -0.494 e. The summed E-state index contributed by atoms with van der Waals surface area (Å²) in [6.45, 7) is 2.95. The summed E-state index contributed by atoms with van der Waals surface area (Å²) < 4.78 is 16.6. The molecule has 1 aliphatic rings. The Hall–Kier alpha value is -1.59. The molecule has 0 atom stereocenters. The smallest absolute Gasteiger partial charge is 0.300 e. The molecule has 0 radical (unpaired) electrons. The van der Waals surface area contributed by atoms with E-state index in [1.54, 1.807) is 14.2 Å². The average molecular weight is 320 g/mol. The number of hydrogen-bond donors (Lipinski definition) is 1. The molecule has 1 aromatic carbocycles. The van der Waals surface area contributed by atoms with E-state index in [9.17, 15) is 0 Å². The number of benzene rings is 1. The lowest BCUT2D eigenvalue weighted by molar-refractivity contribution is -0.206. The van der Waals surface area contributed by atoms with E-state index in [-0.39, 0.29) is 0 Å². The second-order valence-corrected chi connectivity index (χ2v) is 5.81. The third-order valence-electron chi connectivity index (χ3n) is 4.19. The molecular formula is C18H28N2O3. The Balaban J connectivity index is 1.90. The summed E-state index contributed by atoms with van der Waals surface area (Å²) in [5, 5.41) is 0. The molecule has 0 spiro atoms. The van der Waals surface area contributed by atoms with Crippen LogP contribution in [0.25, 0.3) is 0 Å². The highest BCUT2D eigenvalue weighted by Crippen LogP contribution is 2.37. The van der Waals surface area contributed by atoms with Crippen LogP contribution in [0.15, 0.2) is 23.2 Å². The molecule has 5 nitrogen and oxygen atoms in total. The molecule has 5 heteroatoms. The number of methoxy groups -OCH3 is 2.